The van der Waals surface area contributed by atoms with Crippen molar-refractivity contribution in [2.75, 3.05) is 36.3 Å². The van der Waals surface area contributed by atoms with Gasteiger partial charge in [0.1, 0.15) is 29.7 Å². The molecular formula is C29H33ClN6O5. The normalized spacial score (nSPS) is 11.3. The maximum atomic E-state index is 12.7. The Balaban J connectivity index is 1.52. The number of methoxy groups -OCH3 is 1. The van der Waals surface area contributed by atoms with Crippen LogP contribution >= 0.6 is 11.6 Å². The number of halogens is 1. The summed E-state index contributed by atoms with van der Waals surface area (Å²) in [5.74, 6) is 1.61. The fraction of sp³-hybridized carbons (Fsp3) is 0.310. The van der Waals surface area contributed by atoms with Crippen molar-refractivity contribution in [1.82, 2.24) is 14.8 Å². The van der Waals surface area contributed by atoms with E-state index in [1.807, 2.05) is 6.07 Å². The van der Waals surface area contributed by atoms with Crippen LogP contribution in [0.25, 0.3) is 10.9 Å². The number of anilines is 3. The number of hydrogen-bond donors (Lipinski definition) is 3. The van der Waals surface area contributed by atoms with E-state index < -0.39 is 6.03 Å². The smallest absolute Gasteiger partial charge is 0.324 e. The minimum atomic E-state index is -0.438. The zero-order chi connectivity index (χ0) is 29.7. The van der Waals surface area contributed by atoms with Crippen molar-refractivity contribution in [2.45, 2.75) is 33.1 Å². The van der Waals surface area contributed by atoms with E-state index in [0.29, 0.717) is 58.6 Å². The molecule has 0 saturated heterocycles. The van der Waals surface area contributed by atoms with Crippen molar-refractivity contribution in [3.8, 4) is 17.2 Å². The molecule has 4 rings (SSSR count). The fourth-order valence-electron chi connectivity index (χ4n) is 3.89. The molecule has 0 aliphatic carbocycles. The molecule has 11 nitrogen and oxygen atoms in total. The van der Waals surface area contributed by atoms with Crippen molar-refractivity contribution in [2.24, 2.45) is 7.05 Å². The first-order valence-corrected chi connectivity index (χ1v) is 13.2. The number of amides is 3. The first-order chi connectivity index (χ1) is 19.4. The highest BCUT2D eigenvalue weighted by atomic mass is 35.5. The molecule has 0 fully saturated rings. The van der Waals surface area contributed by atoms with Crippen molar-refractivity contribution in [1.29, 1.82) is 0 Å². The average molecular weight is 581 g/mol. The number of aromatic nitrogens is 3. The van der Waals surface area contributed by atoms with Gasteiger partial charge in [-0.3, -0.25) is 19.8 Å². The summed E-state index contributed by atoms with van der Waals surface area (Å²) in [6.45, 7) is 8.27. The first-order valence-electron chi connectivity index (χ1n) is 12.9. The van der Waals surface area contributed by atoms with Gasteiger partial charge in [-0.15, -0.1) is 0 Å². The number of aryl methyl sites for hydroxylation is 1. The summed E-state index contributed by atoms with van der Waals surface area (Å²) in [7, 11) is 3.35. The monoisotopic (exact) mass is 580 g/mol. The highest BCUT2D eigenvalue weighted by Gasteiger charge is 2.20. The van der Waals surface area contributed by atoms with Crippen molar-refractivity contribution >= 4 is 51.6 Å². The topological polar surface area (TPSA) is 129 Å². The Kier molecular flexibility index (Phi) is 8.99. The van der Waals surface area contributed by atoms with Gasteiger partial charge in [-0.1, -0.05) is 32.4 Å². The molecule has 0 saturated carbocycles. The predicted molar refractivity (Wildman–Crippen MR) is 159 cm³/mol. The number of nitrogens with one attached hydrogen (secondary N) is 3. The van der Waals surface area contributed by atoms with Crippen molar-refractivity contribution in [3.05, 3.63) is 59.4 Å². The van der Waals surface area contributed by atoms with E-state index in [1.165, 1.54) is 6.92 Å². The molecule has 0 spiro atoms. The van der Waals surface area contributed by atoms with Crippen molar-refractivity contribution in [3.63, 3.8) is 0 Å². The van der Waals surface area contributed by atoms with Gasteiger partial charge in [0.2, 0.25) is 5.91 Å². The number of urea groups is 1. The number of pyridine rings is 1. The molecule has 3 amide bonds. The maximum absolute atomic E-state index is 12.7. The summed E-state index contributed by atoms with van der Waals surface area (Å²) in [6, 6.07) is 11.5. The molecule has 3 N–H and O–H groups in total. The number of nitrogens with zero attached hydrogens (tertiary/aromatic N) is 3. The van der Waals surface area contributed by atoms with Gasteiger partial charge in [-0.05, 0) is 30.3 Å². The Hall–Kier alpha value is -4.35. The molecule has 2 heterocycles. The lowest BCUT2D eigenvalue weighted by molar-refractivity contribution is -0.114. The number of ether oxygens (including phenoxy) is 3. The molecule has 0 radical (unpaired) electrons. The van der Waals surface area contributed by atoms with Crippen LogP contribution in [0.4, 0.5) is 22.0 Å². The lowest BCUT2D eigenvalue weighted by atomic mass is 9.92. The minimum Gasteiger partial charge on any atom is -0.489 e. The summed E-state index contributed by atoms with van der Waals surface area (Å²) in [4.78, 5) is 28.9. The van der Waals surface area contributed by atoms with Crippen LogP contribution < -0.4 is 25.4 Å². The SMILES string of the molecule is COCCOc1cc2nccc(Oc3ccc(NC(=O)Nc4cc(C(C)(C)C)nn4C)cc3Cl)c2cc1NC(C)=O. The van der Waals surface area contributed by atoms with E-state index in [1.54, 1.807) is 61.4 Å². The molecule has 0 aliphatic rings. The maximum Gasteiger partial charge on any atom is 0.324 e. The molecule has 0 atom stereocenters. The van der Waals surface area contributed by atoms with Crippen LogP contribution in [0.15, 0.2) is 48.7 Å². The van der Waals surface area contributed by atoms with Gasteiger partial charge < -0.3 is 24.8 Å². The van der Waals surface area contributed by atoms with E-state index in [9.17, 15) is 9.59 Å². The highest BCUT2D eigenvalue weighted by molar-refractivity contribution is 6.32. The standard InChI is InChI=1S/C29H33ClN6O5/c1-17(37)32-22-14-19-21(15-25(22)40-12-11-39-6)31-10-9-23(19)41-24-8-7-18(13-20(24)30)33-28(38)34-27-16-26(29(2,3)4)35-36(27)5/h7-10,13-16H,11-12H2,1-6H3,(H,32,37)(H2,33,34,38). The highest BCUT2D eigenvalue weighted by Crippen LogP contribution is 2.38. The van der Waals surface area contributed by atoms with Gasteiger partial charge in [0.15, 0.2) is 0 Å². The molecule has 12 heteroatoms. The predicted octanol–water partition coefficient (Wildman–Crippen LogP) is 6.34. The molecule has 216 valence electrons. The van der Waals surface area contributed by atoms with Gasteiger partial charge in [-0.25, -0.2) is 4.79 Å². The Morgan fingerprint density at radius 1 is 0.976 bits per heavy atom. The minimum absolute atomic E-state index is 0.150. The summed E-state index contributed by atoms with van der Waals surface area (Å²) in [6.07, 6.45) is 1.60. The number of rotatable bonds is 9. The number of carbonyl (C=O) groups excluding carboxylic acids is 2. The zero-order valence-corrected chi connectivity index (χ0v) is 24.5. The second-order valence-corrected chi connectivity index (χ2v) is 10.7. The third-order valence-electron chi connectivity index (χ3n) is 5.96. The molecule has 4 aromatic rings. The molecule has 0 aliphatic heterocycles. The van der Waals surface area contributed by atoms with E-state index >= 15 is 0 Å². The largest absolute Gasteiger partial charge is 0.489 e. The lowest BCUT2D eigenvalue weighted by Gasteiger charge is -2.15. The zero-order valence-electron chi connectivity index (χ0n) is 23.8. The third-order valence-corrected chi connectivity index (χ3v) is 6.25. The lowest BCUT2D eigenvalue weighted by Crippen LogP contribution is -2.21. The summed E-state index contributed by atoms with van der Waals surface area (Å²) in [5.41, 5.74) is 2.26. The summed E-state index contributed by atoms with van der Waals surface area (Å²) in [5, 5.41) is 13.8. The van der Waals surface area contributed by atoms with Gasteiger partial charge in [0.25, 0.3) is 0 Å². The first kappa shape index (κ1) is 29.6. The van der Waals surface area contributed by atoms with Crippen LogP contribution in [0, 0.1) is 0 Å². The van der Waals surface area contributed by atoms with Crippen LogP contribution in [0.1, 0.15) is 33.4 Å². The third kappa shape index (κ3) is 7.44. The molecule has 0 unspecified atom stereocenters. The summed E-state index contributed by atoms with van der Waals surface area (Å²) < 4.78 is 18.6. The Morgan fingerprint density at radius 3 is 2.41 bits per heavy atom. The number of fused-ring (bicyclic) bond motifs is 1. The molecule has 0 bridgehead atoms. The second kappa shape index (κ2) is 12.4. The van der Waals surface area contributed by atoms with E-state index in [0.717, 1.165) is 5.69 Å². The van der Waals surface area contributed by atoms with Gasteiger partial charge >= 0.3 is 6.03 Å². The number of benzene rings is 2. The Labute approximate surface area is 243 Å². The summed E-state index contributed by atoms with van der Waals surface area (Å²) >= 11 is 6.53. The van der Waals surface area contributed by atoms with E-state index in [-0.39, 0.29) is 16.3 Å². The Bertz CT molecular complexity index is 1580. The van der Waals surface area contributed by atoms with Gasteiger partial charge in [-0.2, -0.15) is 5.10 Å². The van der Waals surface area contributed by atoms with Crippen LogP contribution in [0.2, 0.25) is 5.02 Å². The van der Waals surface area contributed by atoms with Crippen LogP contribution in [0.3, 0.4) is 0 Å². The van der Waals surface area contributed by atoms with Crippen LogP contribution in [0.5, 0.6) is 17.2 Å². The molecule has 2 aromatic carbocycles. The molecule has 2 aromatic heterocycles. The molecule has 41 heavy (non-hydrogen) atoms. The van der Waals surface area contributed by atoms with Crippen molar-refractivity contribution < 1.29 is 23.8 Å². The second-order valence-electron chi connectivity index (χ2n) is 10.3. The fourth-order valence-corrected chi connectivity index (χ4v) is 4.11. The van der Waals surface area contributed by atoms with Crippen LogP contribution in [-0.2, 0) is 22.0 Å². The van der Waals surface area contributed by atoms with E-state index in [2.05, 4.69) is 46.8 Å². The quantitative estimate of drug-likeness (QED) is 0.197. The number of carbonyl (C=O) groups is 2. The van der Waals surface area contributed by atoms with Gasteiger partial charge in [0.05, 0.1) is 28.5 Å². The molecular weight excluding hydrogens is 548 g/mol. The van der Waals surface area contributed by atoms with Gasteiger partial charge in [0, 0.05) is 55.9 Å². The Morgan fingerprint density at radius 2 is 1.76 bits per heavy atom. The van der Waals surface area contributed by atoms with E-state index in [4.69, 9.17) is 25.8 Å². The van der Waals surface area contributed by atoms with Crippen LogP contribution in [-0.4, -0.2) is 47.0 Å². The average Bonchev–Trinajstić information content (AvgIpc) is 3.26. The number of hydrogen-bond acceptors (Lipinski definition) is 7.